The molecule has 5 aliphatic carbocycles. The third-order valence-corrected chi connectivity index (χ3v) is 17.3. The van der Waals surface area contributed by atoms with E-state index in [0.29, 0.717) is 5.92 Å². The summed E-state index contributed by atoms with van der Waals surface area (Å²) in [5.41, 5.74) is 23.7. The third kappa shape index (κ3) is 8.99. The molecule has 4 unspecified atom stereocenters. The van der Waals surface area contributed by atoms with Crippen LogP contribution in [0.5, 0.6) is 0 Å². The second-order valence-corrected chi connectivity index (χ2v) is 22.5. The number of rotatable bonds is 11. The van der Waals surface area contributed by atoms with Crippen molar-refractivity contribution >= 4 is 62.3 Å². The van der Waals surface area contributed by atoms with Gasteiger partial charge in [-0.15, -0.1) is 0 Å². The highest BCUT2D eigenvalue weighted by molar-refractivity contribution is 5.98. The van der Waals surface area contributed by atoms with Crippen molar-refractivity contribution in [2.24, 2.45) is 17.8 Å². The lowest BCUT2D eigenvalue weighted by Gasteiger charge is -2.41. The van der Waals surface area contributed by atoms with E-state index in [-0.39, 0.29) is 17.9 Å². The van der Waals surface area contributed by atoms with Crippen molar-refractivity contribution in [1.82, 2.24) is 9.13 Å². The summed E-state index contributed by atoms with van der Waals surface area (Å²) in [5.74, 6) is 1.11. The molecule has 9 aromatic rings. The molecule has 4 atom stereocenters. The minimum Gasteiger partial charge on any atom is -0.337 e. The van der Waals surface area contributed by atoms with Gasteiger partial charge in [-0.25, -0.2) is 0 Å². The van der Waals surface area contributed by atoms with Crippen LogP contribution in [0.25, 0.3) is 62.0 Å². The maximum absolute atomic E-state index is 2.68. The Kier molecular flexibility index (Phi) is 12.9. The van der Waals surface area contributed by atoms with Crippen molar-refractivity contribution in [2.75, 3.05) is 9.80 Å². The zero-order chi connectivity index (χ0) is 53.7. The van der Waals surface area contributed by atoms with Crippen LogP contribution in [0.4, 0.5) is 22.7 Å². The molecule has 14 rings (SSSR count). The van der Waals surface area contributed by atoms with Gasteiger partial charge >= 0.3 is 0 Å². The van der Waals surface area contributed by atoms with Gasteiger partial charge in [0.2, 0.25) is 0 Å². The Morgan fingerprint density at radius 1 is 0.512 bits per heavy atom. The van der Waals surface area contributed by atoms with Crippen LogP contribution in [0.15, 0.2) is 266 Å². The van der Waals surface area contributed by atoms with Crippen molar-refractivity contribution in [2.45, 2.75) is 58.9 Å². The monoisotopic (exact) mass is 1030 g/mol. The van der Waals surface area contributed by atoms with Crippen molar-refractivity contribution in [3.05, 3.63) is 294 Å². The molecular formula is C76H66N4. The van der Waals surface area contributed by atoms with Crippen LogP contribution in [0.1, 0.15) is 68.1 Å². The molecule has 0 saturated heterocycles. The van der Waals surface area contributed by atoms with Crippen molar-refractivity contribution in [3.63, 3.8) is 0 Å². The number of hydrogen-bond donors (Lipinski definition) is 0. The van der Waals surface area contributed by atoms with E-state index in [0.717, 1.165) is 49.2 Å². The summed E-state index contributed by atoms with van der Waals surface area (Å²) in [6.07, 6.45) is 37.6. The van der Waals surface area contributed by atoms with Crippen molar-refractivity contribution in [1.29, 1.82) is 0 Å². The molecule has 4 nitrogen and oxygen atoms in total. The van der Waals surface area contributed by atoms with E-state index >= 15 is 0 Å². The molecule has 0 aliphatic heterocycles. The normalized spacial score (nSPS) is 19.2. The molecule has 2 heterocycles. The quantitative estimate of drug-likeness (QED) is 0.128. The summed E-state index contributed by atoms with van der Waals surface area (Å²) < 4.78 is 4.95. The third-order valence-electron chi connectivity index (χ3n) is 17.3. The number of benzene rings is 7. The van der Waals surface area contributed by atoms with Gasteiger partial charge in [0.25, 0.3) is 0 Å². The predicted octanol–water partition coefficient (Wildman–Crippen LogP) is 19.6. The molecule has 7 aromatic carbocycles. The zero-order valence-corrected chi connectivity index (χ0v) is 46.0. The Hall–Kier alpha value is -9.12. The average Bonchev–Trinajstić information content (AvgIpc) is 4.11. The second kappa shape index (κ2) is 20.9. The van der Waals surface area contributed by atoms with Gasteiger partial charge in [-0.2, -0.15) is 0 Å². The summed E-state index contributed by atoms with van der Waals surface area (Å²) >= 11 is 0. The molecule has 5 aliphatic rings. The fraction of sp³-hybridized carbons (Fsp3) is 0.158. The number of anilines is 4. The molecule has 4 heteroatoms. The minimum atomic E-state index is 0.112. The van der Waals surface area contributed by atoms with Gasteiger partial charge in [0.15, 0.2) is 0 Å². The van der Waals surface area contributed by atoms with Gasteiger partial charge in [-0.1, -0.05) is 191 Å². The number of fused-ring (bicyclic) bond motifs is 6. The standard InChI is InChI=1S/C76H66N4/c1-52-31-34-58(35-32-52)60-36-33-53(2)74(49-60)80(75-51-70-68-28-16-17-30-72(68)79(76(70)47-54(75)3)62-24-12-6-13-25-62)64-43-39-57(40-44-64)56-37-41-63(42-38-56)77(65-26-18-21-59(48-65)55-19-8-4-9-20-55)66-45-46-73-69(50-66)67-27-14-7-15-29-71(67)78(73)61-22-10-5-11-23-61/h4-8,10-19,21-28,30-31,33-46,48-54,74H,9,20,29,32,47H2,1-3H3. The van der Waals surface area contributed by atoms with E-state index in [2.05, 4.69) is 301 Å². The second-order valence-electron chi connectivity index (χ2n) is 22.5. The molecule has 0 N–H and O–H groups in total. The van der Waals surface area contributed by atoms with E-state index in [1.807, 2.05) is 0 Å². The van der Waals surface area contributed by atoms with E-state index in [1.54, 1.807) is 0 Å². The number of allylic oxidation sites excluding steroid dienone is 14. The summed E-state index contributed by atoms with van der Waals surface area (Å²) in [5, 5.41) is 2.54. The Bertz CT molecular complexity index is 4130. The number of aromatic nitrogens is 2. The highest BCUT2D eigenvalue weighted by Gasteiger charge is 2.34. The molecule has 0 bridgehead atoms. The summed E-state index contributed by atoms with van der Waals surface area (Å²) in [6, 6.07) is 65.6. The zero-order valence-electron chi connectivity index (χ0n) is 46.0. The van der Waals surface area contributed by atoms with Crippen LogP contribution >= 0.6 is 0 Å². The lowest BCUT2D eigenvalue weighted by molar-refractivity contribution is 0.542. The lowest BCUT2D eigenvalue weighted by atomic mass is 9.84. The van der Waals surface area contributed by atoms with E-state index in [9.17, 15) is 0 Å². The van der Waals surface area contributed by atoms with Crippen LogP contribution in [0.3, 0.4) is 0 Å². The number of hydrogen-bond acceptors (Lipinski definition) is 2. The number of para-hydroxylation sites is 3. The first-order chi connectivity index (χ1) is 39.4. The molecule has 0 saturated carbocycles. The smallest absolute Gasteiger partial charge is 0.0588 e. The van der Waals surface area contributed by atoms with Crippen LogP contribution < -0.4 is 9.80 Å². The molecular weight excluding hydrogens is 969 g/mol. The molecule has 0 fully saturated rings. The summed E-state index contributed by atoms with van der Waals surface area (Å²) in [6.45, 7) is 7.12. The Morgan fingerprint density at radius 2 is 1.20 bits per heavy atom. The fourth-order valence-corrected chi connectivity index (χ4v) is 13.2. The van der Waals surface area contributed by atoms with Gasteiger partial charge in [0.1, 0.15) is 0 Å². The van der Waals surface area contributed by atoms with Crippen molar-refractivity contribution < 1.29 is 0 Å². The van der Waals surface area contributed by atoms with Gasteiger partial charge < -0.3 is 18.9 Å². The Balaban J connectivity index is 0.854. The average molecular weight is 1040 g/mol. The van der Waals surface area contributed by atoms with Crippen LogP contribution in [-0.4, -0.2) is 15.2 Å². The first-order valence-electron chi connectivity index (χ1n) is 28.9. The van der Waals surface area contributed by atoms with Crippen LogP contribution in [-0.2, 0) is 12.8 Å². The largest absolute Gasteiger partial charge is 0.337 e. The predicted molar refractivity (Wildman–Crippen MR) is 339 cm³/mol. The minimum absolute atomic E-state index is 0.112. The maximum atomic E-state index is 2.68. The highest BCUT2D eigenvalue weighted by Crippen LogP contribution is 2.45. The molecule has 390 valence electrons. The first kappa shape index (κ1) is 49.2. The number of nitrogens with zero attached hydrogens (tertiary/aromatic N) is 4. The van der Waals surface area contributed by atoms with E-state index in [4.69, 9.17) is 0 Å². The molecule has 0 spiro atoms. The van der Waals surface area contributed by atoms with Gasteiger partial charge in [0.05, 0.1) is 17.1 Å². The lowest BCUT2D eigenvalue weighted by Crippen LogP contribution is -2.41. The van der Waals surface area contributed by atoms with Crippen LogP contribution in [0.2, 0.25) is 0 Å². The van der Waals surface area contributed by atoms with Gasteiger partial charge in [-0.3, -0.25) is 0 Å². The van der Waals surface area contributed by atoms with E-state index < -0.39 is 0 Å². The maximum Gasteiger partial charge on any atom is 0.0588 e. The van der Waals surface area contributed by atoms with Crippen molar-refractivity contribution in [3.8, 4) is 22.5 Å². The fourth-order valence-electron chi connectivity index (χ4n) is 13.2. The van der Waals surface area contributed by atoms with Crippen LogP contribution in [0, 0.1) is 17.8 Å². The topological polar surface area (TPSA) is 16.3 Å². The molecule has 0 amide bonds. The van der Waals surface area contributed by atoms with Gasteiger partial charge in [-0.05, 0) is 162 Å². The summed E-state index contributed by atoms with van der Waals surface area (Å²) in [7, 11) is 0. The Morgan fingerprint density at radius 3 is 1.94 bits per heavy atom. The van der Waals surface area contributed by atoms with Gasteiger partial charge in [0, 0.05) is 85.4 Å². The Labute approximate surface area is 471 Å². The molecule has 80 heavy (non-hydrogen) atoms. The summed E-state index contributed by atoms with van der Waals surface area (Å²) in [4.78, 5) is 5.13. The van der Waals surface area contributed by atoms with E-state index in [1.165, 1.54) is 100 Å². The molecule has 2 aromatic heterocycles. The molecule has 0 radical (unpaired) electrons. The SMILES string of the molecule is CC1C=CC(C2=CC(N(C3=Cc4c(n(-c5ccccc5)c5ccccc45)CC3C)c3ccc(-c4ccc(N(c5cccc(C6=CC=CCC6)c5)c5ccc6c(c5)c5c(n6-c6ccccc6)CC=CC=C5)cc4)cc3)C(C)C=C2)=CC1. The first-order valence-corrected chi connectivity index (χ1v) is 28.9. The highest BCUT2D eigenvalue weighted by atomic mass is 15.2.